The Morgan fingerprint density at radius 2 is 0.738 bits per heavy atom. The van der Waals surface area contributed by atoms with E-state index in [-0.39, 0.29) is 0 Å². The number of aromatic nitrogens is 2. The first-order valence-electron chi connectivity index (χ1n) is 17.3. The van der Waals surface area contributed by atoms with Crippen LogP contribution in [0.4, 0.5) is 0 Å². The third-order valence-electron chi connectivity index (χ3n) is 9.17. The molecule has 2 aromatic rings. The van der Waals surface area contributed by atoms with Crippen molar-refractivity contribution >= 4 is 0 Å². The Bertz CT molecular complexity index is 891. The summed E-state index contributed by atoms with van der Waals surface area (Å²) in [5.41, 5.74) is 4.89. The molecule has 2 aromatic heterocycles. The fraction of sp³-hybridized carbons (Fsp3) is 0.842. The summed E-state index contributed by atoms with van der Waals surface area (Å²) in [4.78, 5) is 0. The molecular formula is C38H70N2O2. The lowest BCUT2D eigenvalue weighted by Gasteiger charge is -2.32. The van der Waals surface area contributed by atoms with Gasteiger partial charge in [0.1, 0.15) is 11.5 Å². The summed E-state index contributed by atoms with van der Waals surface area (Å²) < 4.78 is 10.9. The molecule has 42 heavy (non-hydrogen) atoms. The standard InChI is InChI=1S/C14H28.2C12H21NO/c1-9(2)12-7-8-13(10(3)4)14(12)11(5)6;2*1-7(2)10-11(8(3)4)13-14-12(10)9(5)6/h9-14H,7-8H2,1-6H3;2*7-9H,1-6H3/t12-,13+,14?;;. The smallest absolute Gasteiger partial charge is 0.142 e. The van der Waals surface area contributed by atoms with E-state index >= 15 is 0 Å². The van der Waals surface area contributed by atoms with Crippen molar-refractivity contribution in [3.63, 3.8) is 0 Å². The van der Waals surface area contributed by atoms with Crippen molar-refractivity contribution in [3.05, 3.63) is 34.0 Å². The molecule has 0 bridgehead atoms. The molecule has 244 valence electrons. The predicted molar refractivity (Wildman–Crippen MR) is 182 cm³/mol. The van der Waals surface area contributed by atoms with Crippen LogP contribution in [0.15, 0.2) is 9.05 Å². The molecule has 0 aliphatic heterocycles. The molecule has 0 N–H and O–H groups in total. The highest BCUT2D eigenvalue weighted by atomic mass is 16.5. The van der Waals surface area contributed by atoms with E-state index in [0.717, 1.165) is 58.4 Å². The van der Waals surface area contributed by atoms with Gasteiger partial charge in [-0.1, -0.05) is 135 Å². The van der Waals surface area contributed by atoms with Crippen LogP contribution >= 0.6 is 0 Å². The summed E-state index contributed by atoms with van der Waals surface area (Å²) in [5.74, 6) is 10.4. The van der Waals surface area contributed by atoms with Gasteiger partial charge in [-0.15, -0.1) is 0 Å². The van der Waals surface area contributed by atoms with Gasteiger partial charge < -0.3 is 9.05 Å². The maximum atomic E-state index is 5.43. The normalized spacial score (nSPS) is 18.0. The van der Waals surface area contributed by atoms with Gasteiger partial charge in [-0.25, -0.2) is 0 Å². The van der Waals surface area contributed by atoms with Gasteiger partial charge in [0.25, 0.3) is 0 Å². The summed E-state index contributed by atoms with van der Waals surface area (Å²) in [6.45, 7) is 40.5. The molecule has 4 nitrogen and oxygen atoms in total. The average molecular weight is 587 g/mol. The number of hydrogen-bond acceptors (Lipinski definition) is 4. The third-order valence-corrected chi connectivity index (χ3v) is 9.17. The van der Waals surface area contributed by atoms with Gasteiger partial charge in [-0.05, 0) is 72.0 Å². The zero-order valence-corrected chi connectivity index (χ0v) is 31.1. The molecule has 1 unspecified atom stereocenters. The Labute approximate surface area is 261 Å². The molecule has 0 amide bonds. The molecule has 3 rings (SSSR count). The van der Waals surface area contributed by atoms with Crippen LogP contribution in [0.2, 0.25) is 0 Å². The quantitative estimate of drug-likeness (QED) is 0.293. The Morgan fingerprint density at radius 3 is 0.929 bits per heavy atom. The minimum absolute atomic E-state index is 0.424. The van der Waals surface area contributed by atoms with Crippen LogP contribution in [-0.2, 0) is 0 Å². The zero-order valence-electron chi connectivity index (χ0n) is 31.1. The summed E-state index contributed by atoms with van der Waals surface area (Å²) in [5, 5.41) is 8.37. The van der Waals surface area contributed by atoms with Crippen LogP contribution in [0.5, 0.6) is 0 Å². The van der Waals surface area contributed by atoms with E-state index in [2.05, 4.69) is 135 Å². The minimum atomic E-state index is 0.424. The van der Waals surface area contributed by atoms with Gasteiger partial charge in [0, 0.05) is 23.0 Å². The zero-order chi connectivity index (χ0) is 32.6. The van der Waals surface area contributed by atoms with Gasteiger partial charge in [-0.2, -0.15) is 0 Å². The topological polar surface area (TPSA) is 52.1 Å². The summed E-state index contributed by atoms with van der Waals surface area (Å²) in [7, 11) is 0. The van der Waals surface area contributed by atoms with E-state index < -0.39 is 0 Å². The maximum absolute atomic E-state index is 5.43. The maximum Gasteiger partial charge on any atom is 0.142 e. The molecular weight excluding hydrogens is 516 g/mol. The van der Waals surface area contributed by atoms with Crippen molar-refractivity contribution in [2.24, 2.45) is 35.5 Å². The molecule has 1 saturated carbocycles. The molecule has 0 radical (unpaired) electrons. The lowest BCUT2D eigenvalue weighted by atomic mass is 9.73. The number of rotatable bonds is 9. The van der Waals surface area contributed by atoms with Crippen molar-refractivity contribution < 1.29 is 9.05 Å². The van der Waals surface area contributed by atoms with Gasteiger partial charge in [0.05, 0.1) is 11.4 Å². The number of hydrogen-bond donors (Lipinski definition) is 0. The average Bonchev–Trinajstić information content (AvgIpc) is 3.61. The highest BCUT2D eigenvalue weighted by molar-refractivity contribution is 5.31. The summed E-state index contributed by atoms with van der Waals surface area (Å²) in [6, 6.07) is 0. The van der Waals surface area contributed by atoms with Crippen LogP contribution < -0.4 is 0 Å². The first kappa shape index (κ1) is 38.4. The minimum Gasteiger partial charge on any atom is -0.361 e. The Balaban J connectivity index is 0.000000315. The molecule has 1 aliphatic rings. The van der Waals surface area contributed by atoms with Gasteiger partial charge in [-0.3, -0.25) is 0 Å². The van der Waals surface area contributed by atoms with Crippen LogP contribution in [0.1, 0.15) is 207 Å². The Morgan fingerprint density at radius 1 is 0.429 bits per heavy atom. The molecule has 1 fully saturated rings. The lowest BCUT2D eigenvalue weighted by molar-refractivity contribution is 0.159. The largest absolute Gasteiger partial charge is 0.361 e. The van der Waals surface area contributed by atoms with Gasteiger partial charge in [0.15, 0.2) is 0 Å². The molecule has 3 atom stereocenters. The van der Waals surface area contributed by atoms with Crippen LogP contribution in [0, 0.1) is 35.5 Å². The highest BCUT2D eigenvalue weighted by Gasteiger charge is 2.40. The molecule has 4 heteroatoms. The van der Waals surface area contributed by atoms with Gasteiger partial charge >= 0.3 is 0 Å². The first-order chi connectivity index (χ1) is 19.3. The van der Waals surface area contributed by atoms with Crippen LogP contribution in [0.3, 0.4) is 0 Å². The lowest BCUT2D eigenvalue weighted by Crippen LogP contribution is -2.26. The van der Waals surface area contributed by atoms with Crippen molar-refractivity contribution in [2.45, 2.75) is 173 Å². The molecule has 2 heterocycles. The third kappa shape index (κ3) is 9.98. The molecule has 0 saturated heterocycles. The van der Waals surface area contributed by atoms with Gasteiger partial charge in [0.2, 0.25) is 0 Å². The second-order valence-corrected chi connectivity index (χ2v) is 15.8. The van der Waals surface area contributed by atoms with E-state index in [1.54, 1.807) is 0 Å². The molecule has 1 aliphatic carbocycles. The second kappa shape index (κ2) is 17.0. The highest BCUT2D eigenvalue weighted by Crippen LogP contribution is 2.48. The van der Waals surface area contributed by atoms with E-state index in [1.807, 2.05) is 0 Å². The van der Waals surface area contributed by atoms with Crippen molar-refractivity contribution in [2.75, 3.05) is 0 Å². The number of nitrogens with zero attached hydrogens (tertiary/aromatic N) is 2. The van der Waals surface area contributed by atoms with Crippen LogP contribution in [0.25, 0.3) is 0 Å². The second-order valence-electron chi connectivity index (χ2n) is 15.8. The molecule has 0 aromatic carbocycles. The van der Waals surface area contributed by atoms with Crippen molar-refractivity contribution in [1.29, 1.82) is 0 Å². The summed E-state index contributed by atoms with van der Waals surface area (Å²) in [6.07, 6.45) is 2.95. The Kier molecular flexibility index (Phi) is 15.6. The fourth-order valence-electron chi connectivity index (χ4n) is 7.10. The van der Waals surface area contributed by atoms with Crippen molar-refractivity contribution in [1.82, 2.24) is 10.3 Å². The van der Waals surface area contributed by atoms with Crippen molar-refractivity contribution in [3.8, 4) is 0 Å². The molecule has 0 spiro atoms. The van der Waals surface area contributed by atoms with E-state index in [4.69, 9.17) is 9.05 Å². The predicted octanol–water partition coefficient (Wildman–Crippen LogP) is 12.7. The van der Waals surface area contributed by atoms with E-state index in [1.165, 1.54) is 24.0 Å². The van der Waals surface area contributed by atoms with E-state index in [9.17, 15) is 0 Å². The summed E-state index contributed by atoms with van der Waals surface area (Å²) >= 11 is 0. The monoisotopic (exact) mass is 587 g/mol. The van der Waals surface area contributed by atoms with Crippen LogP contribution in [-0.4, -0.2) is 10.3 Å². The fourth-order valence-corrected chi connectivity index (χ4v) is 7.10. The SMILES string of the molecule is CC(C)C1[C@@H](C(C)C)CC[C@H]1C(C)C.CC(C)c1noc(C(C)C)c1C(C)C.CC(C)c1noc(C(C)C)c1C(C)C. The Hall–Kier alpha value is -1.58. The van der Waals surface area contributed by atoms with E-state index in [0.29, 0.717) is 35.5 Å². The first-order valence-corrected chi connectivity index (χ1v) is 17.3.